The van der Waals surface area contributed by atoms with E-state index in [1.54, 1.807) is 42.6 Å². The van der Waals surface area contributed by atoms with Gasteiger partial charge in [0.2, 0.25) is 0 Å². The molecule has 0 aliphatic carbocycles. The predicted molar refractivity (Wildman–Crippen MR) is 124 cm³/mol. The van der Waals surface area contributed by atoms with Gasteiger partial charge in [0.05, 0.1) is 18.2 Å². The molecular weight excluding hydrogens is 460 g/mol. The molecule has 0 saturated carbocycles. The summed E-state index contributed by atoms with van der Waals surface area (Å²) in [6.07, 6.45) is 1.53. The lowest BCUT2D eigenvalue weighted by Crippen LogP contribution is -2.29. The Balaban J connectivity index is 1.69. The zero-order chi connectivity index (χ0) is 23.8. The molecule has 0 radical (unpaired) electrons. The minimum atomic E-state index is -0.987. The van der Waals surface area contributed by atoms with Crippen molar-refractivity contribution in [3.63, 3.8) is 0 Å². The van der Waals surface area contributed by atoms with E-state index in [4.69, 9.17) is 14.2 Å². The van der Waals surface area contributed by atoms with Crippen molar-refractivity contribution in [2.75, 3.05) is 24.7 Å². The Labute approximate surface area is 198 Å². The highest BCUT2D eigenvalue weighted by atomic mass is 32.1. The summed E-state index contributed by atoms with van der Waals surface area (Å²) >= 11 is 1.19. The number of carbonyl (C=O) groups is 2. The van der Waals surface area contributed by atoms with Crippen molar-refractivity contribution in [2.24, 2.45) is 0 Å². The minimum absolute atomic E-state index is 0.0800. The summed E-state index contributed by atoms with van der Waals surface area (Å²) in [5.74, 6) is -0.937. The summed E-state index contributed by atoms with van der Waals surface area (Å²) in [5.41, 5.74) is 0.662. The lowest BCUT2D eigenvalue weighted by molar-refractivity contribution is -0.132. The third kappa shape index (κ3) is 3.61. The molecule has 9 nitrogen and oxygen atoms in total. The molecule has 3 heterocycles. The number of thiazole rings is 1. The number of amides is 1. The molecule has 2 aliphatic heterocycles. The standard InChI is InChI=1S/C24H20N2O7S/c1-2-31-17-11-13(3-5-15(17)27)20-19(22(29)23(30)26(20)24-25-7-10-34-24)21(28)14-4-6-16-18(12-14)33-9-8-32-16/h3-7,10-12,20,27-28H,2,8-9H2,1H3. The van der Waals surface area contributed by atoms with E-state index in [0.29, 0.717) is 47.6 Å². The first-order valence-electron chi connectivity index (χ1n) is 10.6. The number of anilines is 1. The van der Waals surface area contributed by atoms with Gasteiger partial charge in [0.25, 0.3) is 5.78 Å². The molecule has 1 amide bonds. The summed E-state index contributed by atoms with van der Waals surface area (Å²) < 4.78 is 16.6. The van der Waals surface area contributed by atoms with Crippen LogP contribution in [0.3, 0.4) is 0 Å². The molecule has 174 valence electrons. The summed E-state index contributed by atoms with van der Waals surface area (Å²) in [7, 11) is 0. The third-order valence-corrected chi connectivity index (χ3v) is 6.26. The largest absolute Gasteiger partial charge is 0.507 e. The number of fused-ring (bicyclic) bond motifs is 1. The van der Waals surface area contributed by atoms with Crippen molar-refractivity contribution in [2.45, 2.75) is 13.0 Å². The Hall–Kier alpha value is -4.05. The fourth-order valence-electron chi connectivity index (χ4n) is 4.00. The average Bonchev–Trinajstić information content (AvgIpc) is 3.46. The predicted octanol–water partition coefficient (Wildman–Crippen LogP) is 3.64. The summed E-state index contributed by atoms with van der Waals surface area (Å²) in [5, 5.41) is 23.4. The van der Waals surface area contributed by atoms with Gasteiger partial charge in [-0.3, -0.25) is 14.5 Å². The second-order valence-corrected chi connectivity index (χ2v) is 8.38. The van der Waals surface area contributed by atoms with E-state index in [0.717, 1.165) is 0 Å². The van der Waals surface area contributed by atoms with E-state index in [9.17, 15) is 19.8 Å². The Bertz CT molecular complexity index is 1300. The first-order chi connectivity index (χ1) is 16.5. The number of aliphatic hydroxyl groups is 1. The van der Waals surface area contributed by atoms with E-state index in [-0.39, 0.29) is 22.8 Å². The number of aromatic nitrogens is 1. The first-order valence-corrected chi connectivity index (χ1v) is 11.4. The number of benzene rings is 2. The average molecular weight is 480 g/mol. The van der Waals surface area contributed by atoms with Gasteiger partial charge < -0.3 is 24.4 Å². The number of ketones is 1. The van der Waals surface area contributed by atoms with Crippen LogP contribution in [0.5, 0.6) is 23.0 Å². The van der Waals surface area contributed by atoms with Gasteiger partial charge in [0.15, 0.2) is 28.1 Å². The molecule has 5 rings (SSSR count). The summed E-state index contributed by atoms with van der Waals surface area (Å²) in [6, 6.07) is 8.37. The molecule has 1 fully saturated rings. The number of aliphatic hydroxyl groups excluding tert-OH is 1. The smallest absolute Gasteiger partial charge is 0.301 e. The lowest BCUT2D eigenvalue weighted by atomic mass is 9.95. The molecule has 0 spiro atoms. The fraction of sp³-hybridized carbons (Fsp3) is 0.208. The second-order valence-electron chi connectivity index (χ2n) is 7.50. The molecule has 34 heavy (non-hydrogen) atoms. The van der Waals surface area contributed by atoms with Gasteiger partial charge in [-0.05, 0) is 42.8 Å². The molecule has 2 aromatic carbocycles. The topological polar surface area (TPSA) is 118 Å². The van der Waals surface area contributed by atoms with Crippen LogP contribution in [0, 0.1) is 0 Å². The van der Waals surface area contributed by atoms with Crippen LogP contribution in [0.1, 0.15) is 24.1 Å². The first kappa shape index (κ1) is 21.8. The fourth-order valence-corrected chi connectivity index (χ4v) is 4.67. The number of hydrogen-bond donors (Lipinski definition) is 2. The summed E-state index contributed by atoms with van der Waals surface area (Å²) in [6.45, 7) is 2.86. The van der Waals surface area contributed by atoms with Crippen molar-refractivity contribution in [1.29, 1.82) is 0 Å². The Morgan fingerprint density at radius 3 is 2.71 bits per heavy atom. The number of ether oxygens (including phenoxy) is 3. The normalized spacial score (nSPS) is 18.9. The Morgan fingerprint density at radius 2 is 1.97 bits per heavy atom. The van der Waals surface area contributed by atoms with Gasteiger partial charge in [-0.25, -0.2) is 4.98 Å². The van der Waals surface area contributed by atoms with Crippen LogP contribution in [0.15, 0.2) is 53.5 Å². The van der Waals surface area contributed by atoms with Crippen LogP contribution >= 0.6 is 11.3 Å². The SMILES string of the molecule is CCOc1cc(C2C(=C(O)c3ccc4c(c3)OCCO4)C(=O)C(=O)N2c2nccs2)ccc1O. The quantitative estimate of drug-likeness (QED) is 0.323. The van der Waals surface area contributed by atoms with Gasteiger partial charge in [0, 0.05) is 17.1 Å². The van der Waals surface area contributed by atoms with Crippen molar-refractivity contribution >= 4 is 33.9 Å². The van der Waals surface area contributed by atoms with E-state index < -0.39 is 17.7 Å². The van der Waals surface area contributed by atoms with E-state index in [1.807, 2.05) is 0 Å². The number of phenols is 1. The van der Waals surface area contributed by atoms with Crippen LogP contribution in [-0.4, -0.2) is 46.7 Å². The highest BCUT2D eigenvalue weighted by Crippen LogP contribution is 2.45. The van der Waals surface area contributed by atoms with Crippen molar-refractivity contribution in [1.82, 2.24) is 4.98 Å². The Morgan fingerprint density at radius 1 is 1.18 bits per heavy atom. The van der Waals surface area contributed by atoms with Crippen molar-refractivity contribution < 1.29 is 34.0 Å². The summed E-state index contributed by atoms with van der Waals surface area (Å²) in [4.78, 5) is 31.8. The number of phenolic OH excluding ortho intramolecular Hbond substituents is 1. The van der Waals surface area contributed by atoms with Crippen LogP contribution in [0.25, 0.3) is 5.76 Å². The molecule has 1 atom stereocenters. The minimum Gasteiger partial charge on any atom is -0.507 e. The molecule has 2 aliphatic rings. The van der Waals surface area contributed by atoms with Gasteiger partial charge in [-0.1, -0.05) is 6.07 Å². The van der Waals surface area contributed by atoms with Crippen molar-refractivity contribution in [3.8, 4) is 23.0 Å². The second kappa shape index (κ2) is 8.71. The van der Waals surface area contributed by atoms with Gasteiger partial charge in [-0.2, -0.15) is 0 Å². The molecule has 1 saturated heterocycles. The number of carbonyl (C=O) groups excluding carboxylic acids is 2. The highest BCUT2D eigenvalue weighted by Gasteiger charge is 2.48. The van der Waals surface area contributed by atoms with E-state index in [2.05, 4.69) is 4.98 Å². The maximum Gasteiger partial charge on any atom is 0.301 e. The van der Waals surface area contributed by atoms with Crippen LogP contribution in [0.4, 0.5) is 5.13 Å². The lowest BCUT2D eigenvalue weighted by Gasteiger charge is -2.24. The van der Waals surface area contributed by atoms with Crippen LogP contribution < -0.4 is 19.1 Å². The molecule has 1 aromatic heterocycles. The third-order valence-electron chi connectivity index (χ3n) is 5.48. The molecule has 2 N–H and O–H groups in total. The Kier molecular flexibility index (Phi) is 5.58. The molecule has 3 aromatic rings. The zero-order valence-electron chi connectivity index (χ0n) is 18.1. The molecule has 0 bridgehead atoms. The van der Waals surface area contributed by atoms with E-state index >= 15 is 0 Å². The van der Waals surface area contributed by atoms with Gasteiger partial charge in [0.1, 0.15) is 19.0 Å². The van der Waals surface area contributed by atoms with Gasteiger partial charge >= 0.3 is 5.91 Å². The van der Waals surface area contributed by atoms with E-state index in [1.165, 1.54) is 28.5 Å². The number of hydrogen-bond acceptors (Lipinski definition) is 9. The molecule has 10 heteroatoms. The van der Waals surface area contributed by atoms with Crippen molar-refractivity contribution in [3.05, 3.63) is 64.7 Å². The zero-order valence-corrected chi connectivity index (χ0v) is 18.9. The maximum absolute atomic E-state index is 13.2. The maximum atomic E-state index is 13.2. The molecule has 1 unspecified atom stereocenters. The molecular formula is C24H20N2O7S. The number of nitrogens with zero attached hydrogens (tertiary/aromatic N) is 2. The highest BCUT2D eigenvalue weighted by molar-refractivity contribution is 7.14. The monoisotopic (exact) mass is 480 g/mol. The number of aromatic hydroxyl groups is 1. The van der Waals surface area contributed by atoms with Crippen LogP contribution in [-0.2, 0) is 9.59 Å². The van der Waals surface area contributed by atoms with Gasteiger partial charge in [-0.15, -0.1) is 11.3 Å². The number of rotatable bonds is 5. The van der Waals surface area contributed by atoms with Crippen LogP contribution in [0.2, 0.25) is 0 Å². The number of Topliss-reactive ketones (excluding diaryl/α,β-unsaturated/α-hetero) is 1.